The van der Waals surface area contributed by atoms with Gasteiger partial charge in [0.1, 0.15) is 0 Å². The molecule has 1 fully saturated rings. The minimum absolute atomic E-state index is 0.308. The predicted molar refractivity (Wildman–Crippen MR) is 73.1 cm³/mol. The van der Waals surface area contributed by atoms with Crippen LogP contribution in [-0.4, -0.2) is 57.4 Å². The average Bonchev–Trinajstić information content (AvgIpc) is 2.75. The number of sulfonamides is 1. The summed E-state index contributed by atoms with van der Waals surface area (Å²) in [7, 11) is -1.51. The van der Waals surface area contributed by atoms with E-state index in [1.165, 1.54) is 0 Å². The Balaban J connectivity index is 2.53. The van der Waals surface area contributed by atoms with Crippen molar-refractivity contribution in [1.82, 2.24) is 9.62 Å². The van der Waals surface area contributed by atoms with Gasteiger partial charge >= 0.3 is 0 Å². The lowest BCUT2D eigenvalue weighted by Crippen LogP contribution is -2.42. The normalized spacial score (nSPS) is 23.7. The van der Waals surface area contributed by atoms with E-state index in [1.54, 1.807) is 18.3 Å². The monoisotopic (exact) mass is 278 g/mol. The van der Waals surface area contributed by atoms with E-state index in [2.05, 4.69) is 5.32 Å². The minimum Gasteiger partial charge on any atom is -0.384 e. The number of methoxy groups -OCH3 is 1. The third-order valence-corrected chi connectivity index (χ3v) is 5.57. The van der Waals surface area contributed by atoms with Crippen molar-refractivity contribution in [1.29, 1.82) is 0 Å². The van der Waals surface area contributed by atoms with Crippen LogP contribution >= 0.6 is 0 Å². The van der Waals surface area contributed by atoms with Crippen LogP contribution in [0.25, 0.3) is 0 Å². The van der Waals surface area contributed by atoms with Crippen molar-refractivity contribution < 1.29 is 13.2 Å². The standard InChI is InChI=1S/C12H26N2O3S/c1-10(2)13-7-11(3)18(15,16)14-6-5-12(8-14)9-17-4/h10-13H,5-9H2,1-4H3. The summed E-state index contributed by atoms with van der Waals surface area (Å²) in [6, 6.07) is 0.308. The highest BCUT2D eigenvalue weighted by atomic mass is 32.2. The quantitative estimate of drug-likeness (QED) is 0.744. The van der Waals surface area contributed by atoms with Crippen LogP contribution < -0.4 is 5.32 Å². The molecule has 0 aromatic rings. The molecular formula is C12H26N2O3S. The molecule has 2 unspecified atom stereocenters. The number of nitrogens with one attached hydrogen (secondary N) is 1. The molecule has 0 aromatic heterocycles. The van der Waals surface area contributed by atoms with Crippen LogP contribution in [0.3, 0.4) is 0 Å². The van der Waals surface area contributed by atoms with Gasteiger partial charge in [0, 0.05) is 32.8 Å². The zero-order chi connectivity index (χ0) is 13.8. The van der Waals surface area contributed by atoms with Crippen molar-refractivity contribution in [2.45, 2.75) is 38.5 Å². The number of rotatable bonds is 7. The zero-order valence-electron chi connectivity index (χ0n) is 11.8. The van der Waals surface area contributed by atoms with E-state index in [4.69, 9.17) is 4.74 Å². The van der Waals surface area contributed by atoms with Crippen molar-refractivity contribution in [3.63, 3.8) is 0 Å². The molecule has 0 amide bonds. The largest absolute Gasteiger partial charge is 0.384 e. The lowest BCUT2D eigenvalue weighted by atomic mass is 10.1. The van der Waals surface area contributed by atoms with Gasteiger partial charge in [-0.05, 0) is 19.3 Å². The second-order valence-corrected chi connectivity index (χ2v) is 7.74. The first-order valence-corrected chi connectivity index (χ1v) is 8.09. The fraction of sp³-hybridized carbons (Fsp3) is 1.00. The smallest absolute Gasteiger partial charge is 0.217 e. The molecule has 0 aromatic carbocycles. The van der Waals surface area contributed by atoms with Crippen molar-refractivity contribution in [3.8, 4) is 0 Å². The first kappa shape index (κ1) is 15.9. The summed E-state index contributed by atoms with van der Waals surface area (Å²) in [6.07, 6.45) is 0.900. The van der Waals surface area contributed by atoms with E-state index in [1.807, 2.05) is 13.8 Å². The molecule has 0 radical (unpaired) electrons. The Kier molecular flexibility index (Phi) is 6.04. The summed E-state index contributed by atoms with van der Waals surface area (Å²) < 4.78 is 31.4. The molecule has 0 bridgehead atoms. The van der Waals surface area contributed by atoms with Crippen molar-refractivity contribution in [2.75, 3.05) is 33.4 Å². The van der Waals surface area contributed by atoms with Crippen LogP contribution in [0.1, 0.15) is 27.2 Å². The Labute approximate surface area is 111 Å². The van der Waals surface area contributed by atoms with Gasteiger partial charge in [0.05, 0.1) is 11.9 Å². The summed E-state index contributed by atoms with van der Waals surface area (Å²) >= 11 is 0. The maximum absolute atomic E-state index is 12.3. The average molecular weight is 278 g/mol. The SMILES string of the molecule is COCC1CCN(S(=O)(=O)C(C)CNC(C)C)C1. The fourth-order valence-corrected chi connectivity index (χ4v) is 3.76. The van der Waals surface area contributed by atoms with Gasteiger partial charge in [-0.25, -0.2) is 12.7 Å². The van der Waals surface area contributed by atoms with Crippen LogP contribution in [0.2, 0.25) is 0 Å². The molecular weight excluding hydrogens is 252 g/mol. The molecule has 1 N–H and O–H groups in total. The molecule has 108 valence electrons. The molecule has 6 heteroatoms. The third-order valence-electron chi connectivity index (χ3n) is 3.33. The van der Waals surface area contributed by atoms with E-state index in [-0.39, 0.29) is 5.25 Å². The van der Waals surface area contributed by atoms with E-state index < -0.39 is 10.0 Å². The highest BCUT2D eigenvalue weighted by Crippen LogP contribution is 2.21. The fourth-order valence-electron chi connectivity index (χ4n) is 2.16. The van der Waals surface area contributed by atoms with Gasteiger partial charge in [0.15, 0.2) is 0 Å². The molecule has 0 saturated carbocycles. The molecule has 18 heavy (non-hydrogen) atoms. The maximum atomic E-state index is 12.3. The second-order valence-electron chi connectivity index (χ2n) is 5.39. The Morgan fingerprint density at radius 3 is 2.61 bits per heavy atom. The Morgan fingerprint density at radius 2 is 2.06 bits per heavy atom. The van der Waals surface area contributed by atoms with Gasteiger partial charge in [0.25, 0.3) is 0 Å². The topological polar surface area (TPSA) is 58.6 Å². The minimum atomic E-state index is -3.17. The second kappa shape index (κ2) is 6.84. The summed E-state index contributed by atoms with van der Waals surface area (Å²) in [4.78, 5) is 0. The molecule has 1 heterocycles. The summed E-state index contributed by atoms with van der Waals surface area (Å²) in [5, 5.41) is 2.81. The molecule has 1 saturated heterocycles. The van der Waals surface area contributed by atoms with Gasteiger partial charge < -0.3 is 10.1 Å². The lowest BCUT2D eigenvalue weighted by Gasteiger charge is -2.22. The number of hydrogen-bond donors (Lipinski definition) is 1. The van der Waals surface area contributed by atoms with Crippen LogP contribution in [0.4, 0.5) is 0 Å². The Hall–Kier alpha value is -0.170. The van der Waals surface area contributed by atoms with Crippen LogP contribution in [-0.2, 0) is 14.8 Å². The Bertz CT molecular complexity index is 343. The lowest BCUT2D eigenvalue weighted by molar-refractivity contribution is 0.157. The number of hydrogen-bond acceptors (Lipinski definition) is 4. The van der Waals surface area contributed by atoms with Crippen LogP contribution in [0.5, 0.6) is 0 Å². The molecule has 5 nitrogen and oxygen atoms in total. The summed E-state index contributed by atoms with van der Waals surface area (Å²) in [5.74, 6) is 0.343. The van der Waals surface area contributed by atoms with Gasteiger partial charge in [-0.1, -0.05) is 13.8 Å². The maximum Gasteiger partial charge on any atom is 0.217 e. The van der Waals surface area contributed by atoms with Crippen LogP contribution in [0.15, 0.2) is 0 Å². The highest BCUT2D eigenvalue weighted by Gasteiger charge is 2.34. The van der Waals surface area contributed by atoms with Crippen molar-refractivity contribution in [2.24, 2.45) is 5.92 Å². The van der Waals surface area contributed by atoms with Crippen LogP contribution in [0, 0.1) is 5.92 Å². The van der Waals surface area contributed by atoms with E-state index in [0.29, 0.717) is 38.2 Å². The third kappa shape index (κ3) is 4.19. The molecule has 1 rings (SSSR count). The molecule has 1 aliphatic heterocycles. The molecule has 1 aliphatic rings. The van der Waals surface area contributed by atoms with E-state index in [9.17, 15) is 8.42 Å². The molecule has 0 spiro atoms. The summed E-state index contributed by atoms with van der Waals surface area (Å²) in [5.41, 5.74) is 0. The first-order valence-electron chi connectivity index (χ1n) is 6.59. The predicted octanol–water partition coefficient (Wildman–Crippen LogP) is 0.671. The van der Waals surface area contributed by atoms with Gasteiger partial charge in [-0.2, -0.15) is 0 Å². The van der Waals surface area contributed by atoms with Crippen molar-refractivity contribution >= 4 is 10.0 Å². The summed E-state index contributed by atoms with van der Waals surface area (Å²) in [6.45, 7) is 8.18. The molecule has 0 aliphatic carbocycles. The number of ether oxygens (including phenoxy) is 1. The number of nitrogens with zero attached hydrogens (tertiary/aromatic N) is 1. The van der Waals surface area contributed by atoms with Gasteiger partial charge in [-0.15, -0.1) is 0 Å². The van der Waals surface area contributed by atoms with E-state index >= 15 is 0 Å². The van der Waals surface area contributed by atoms with Gasteiger partial charge in [0.2, 0.25) is 10.0 Å². The molecule has 2 atom stereocenters. The highest BCUT2D eigenvalue weighted by molar-refractivity contribution is 7.89. The Morgan fingerprint density at radius 1 is 1.39 bits per heavy atom. The van der Waals surface area contributed by atoms with Gasteiger partial charge in [-0.3, -0.25) is 0 Å². The zero-order valence-corrected chi connectivity index (χ0v) is 12.7. The first-order chi connectivity index (χ1) is 8.37. The van der Waals surface area contributed by atoms with Crippen molar-refractivity contribution in [3.05, 3.63) is 0 Å². The van der Waals surface area contributed by atoms with E-state index in [0.717, 1.165) is 6.42 Å².